The van der Waals surface area contributed by atoms with E-state index >= 15 is 0 Å². The van der Waals surface area contributed by atoms with Crippen molar-refractivity contribution in [3.8, 4) is 0 Å². The number of nitrogens with zero attached hydrogens (tertiary/aromatic N) is 2. The van der Waals surface area contributed by atoms with E-state index in [9.17, 15) is 13.2 Å². The molecule has 0 aromatic heterocycles. The summed E-state index contributed by atoms with van der Waals surface area (Å²) in [4.78, 5) is 15.1. The van der Waals surface area contributed by atoms with Crippen molar-refractivity contribution in [1.29, 1.82) is 0 Å². The number of hydrogen-bond donors (Lipinski definition) is 1. The molecule has 1 saturated heterocycles. The van der Waals surface area contributed by atoms with E-state index in [0.717, 1.165) is 23.2 Å². The normalized spacial score (nSPS) is 16.9. The molecule has 1 aliphatic heterocycles. The van der Waals surface area contributed by atoms with Gasteiger partial charge in [0.05, 0.1) is 10.9 Å². The first-order chi connectivity index (χ1) is 14.2. The fraction of sp³-hybridized carbons (Fsp3) is 0.435. The summed E-state index contributed by atoms with van der Waals surface area (Å²) in [7, 11) is -3.53. The molecule has 2 aromatic carbocycles. The lowest BCUT2D eigenvalue weighted by atomic mass is 10.1. The topological polar surface area (TPSA) is 69.7 Å². The van der Waals surface area contributed by atoms with Gasteiger partial charge in [0.2, 0.25) is 15.9 Å². The van der Waals surface area contributed by atoms with Gasteiger partial charge in [0.25, 0.3) is 0 Å². The summed E-state index contributed by atoms with van der Waals surface area (Å²) in [5.74, 6) is -0.0788. The molecule has 6 nitrogen and oxygen atoms in total. The largest absolute Gasteiger partial charge is 0.325 e. The zero-order valence-corrected chi connectivity index (χ0v) is 19.0. The van der Waals surface area contributed by atoms with Crippen molar-refractivity contribution >= 4 is 21.6 Å². The minimum atomic E-state index is -3.53. The SMILES string of the molecule is CCc1ccc(NC(=O)[C@@H](C)N2CCN(S(=O)(=O)c3ccc(C)cc3C)CC2)cc1. The molecule has 1 fully saturated rings. The fourth-order valence-corrected chi connectivity index (χ4v) is 5.42. The van der Waals surface area contributed by atoms with Gasteiger partial charge in [-0.25, -0.2) is 8.42 Å². The first-order valence-electron chi connectivity index (χ1n) is 10.4. The number of nitrogens with one attached hydrogen (secondary N) is 1. The van der Waals surface area contributed by atoms with Crippen LogP contribution in [0.3, 0.4) is 0 Å². The minimum Gasteiger partial charge on any atom is -0.325 e. The highest BCUT2D eigenvalue weighted by Crippen LogP contribution is 2.23. The van der Waals surface area contributed by atoms with Gasteiger partial charge in [-0.05, 0) is 56.5 Å². The summed E-state index contributed by atoms with van der Waals surface area (Å²) in [5, 5.41) is 2.96. The van der Waals surface area contributed by atoms with Crippen LogP contribution in [0.15, 0.2) is 47.4 Å². The Morgan fingerprint density at radius 3 is 2.23 bits per heavy atom. The molecule has 0 radical (unpaired) electrons. The summed E-state index contributed by atoms with van der Waals surface area (Å²) in [5.41, 5.74) is 3.81. The highest BCUT2D eigenvalue weighted by molar-refractivity contribution is 7.89. The second-order valence-corrected chi connectivity index (χ2v) is 9.83. The highest BCUT2D eigenvalue weighted by atomic mass is 32.2. The molecule has 0 unspecified atom stereocenters. The number of aryl methyl sites for hydroxylation is 3. The third-order valence-corrected chi connectivity index (χ3v) is 7.84. The Hall–Kier alpha value is -2.22. The maximum atomic E-state index is 13.1. The molecule has 30 heavy (non-hydrogen) atoms. The summed E-state index contributed by atoms with van der Waals surface area (Å²) in [6.07, 6.45) is 0.958. The van der Waals surface area contributed by atoms with Crippen LogP contribution in [0.1, 0.15) is 30.5 Å². The molecule has 1 N–H and O–H groups in total. The molecule has 0 saturated carbocycles. The predicted molar refractivity (Wildman–Crippen MR) is 120 cm³/mol. The van der Waals surface area contributed by atoms with E-state index in [1.165, 1.54) is 9.87 Å². The number of rotatable bonds is 6. The van der Waals surface area contributed by atoms with Gasteiger partial charge in [0, 0.05) is 31.9 Å². The van der Waals surface area contributed by atoms with Crippen LogP contribution in [0, 0.1) is 13.8 Å². The van der Waals surface area contributed by atoms with Gasteiger partial charge >= 0.3 is 0 Å². The van der Waals surface area contributed by atoms with Gasteiger partial charge in [0.15, 0.2) is 0 Å². The average molecular weight is 430 g/mol. The van der Waals surface area contributed by atoms with Crippen LogP contribution in [0.2, 0.25) is 0 Å². The predicted octanol–water partition coefficient (Wildman–Crippen LogP) is 3.20. The van der Waals surface area contributed by atoms with E-state index in [1.54, 1.807) is 6.07 Å². The Morgan fingerprint density at radius 1 is 1.03 bits per heavy atom. The first-order valence-corrected chi connectivity index (χ1v) is 11.9. The lowest BCUT2D eigenvalue weighted by Crippen LogP contribution is -2.54. The summed E-state index contributed by atoms with van der Waals surface area (Å²) < 4.78 is 27.6. The van der Waals surface area contributed by atoms with E-state index in [-0.39, 0.29) is 11.9 Å². The van der Waals surface area contributed by atoms with Crippen LogP contribution >= 0.6 is 0 Å². The first kappa shape index (κ1) is 22.5. The number of amides is 1. The van der Waals surface area contributed by atoms with Gasteiger partial charge in [0.1, 0.15) is 0 Å². The van der Waals surface area contributed by atoms with E-state index in [4.69, 9.17) is 0 Å². The van der Waals surface area contributed by atoms with E-state index in [1.807, 2.05) is 62.1 Å². The van der Waals surface area contributed by atoms with Crippen LogP contribution in [0.5, 0.6) is 0 Å². The van der Waals surface area contributed by atoms with E-state index < -0.39 is 10.0 Å². The van der Waals surface area contributed by atoms with Crippen molar-refractivity contribution in [2.24, 2.45) is 0 Å². The van der Waals surface area contributed by atoms with Gasteiger partial charge in [-0.15, -0.1) is 0 Å². The molecule has 1 heterocycles. The monoisotopic (exact) mass is 429 g/mol. The highest BCUT2D eigenvalue weighted by Gasteiger charge is 2.32. The third-order valence-electron chi connectivity index (χ3n) is 5.78. The van der Waals surface area contributed by atoms with Gasteiger partial charge in [-0.2, -0.15) is 4.31 Å². The maximum absolute atomic E-state index is 13.1. The molecule has 2 aromatic rings. The lowest BCUT2D eigenvalue weighted by Gasteiger charge is -2.36. The number of sulfonamides is 1. The number of benzene rings is 2. The molecule has 3 rings (SSSR count). The molecule has 1 atom stereocenters. The Labute approximate surface area is 179 Å². The number of hydrogen-bond acceptors (Lipinski definition) is 4. The minimum absolute atomic E-state index is 0.0788. The number of carbonyl (C=O) groups is 1. The number of anilines is 1. The molecule has 0 bridgehead atoms. The zero-order valence-electron chi connectivity index (χ0n) is 18.2. The number of carbonyl (C=O) groups excluding carboxylic acids is 1. The Morgan fingerprint density at radius 2 is 1.67 bits per heavy atom. The Kier molecular flexibility index (Phi) is 6.95. The van der Waals surface area contributed by atoms with E-state index in [0.29, 0.717) is 31.1 Å². The van der Waals surface area contributed by atoms with Crippen molar-refractivity contribution in [3.63, 3.8) is 0 Å². The molecule has 0 aliphatic carbocycles. The van der Waals surface area contributed by atoms with Crippen molar-refractivity contribution in [3.05, 3.63) is 59.2 Å². The van der Waals surface area contributed by atoms with Crippen molar-refractivity contribution in [1.82, 2.24) is 9.21 Å². The van der Waals surface area contributed by atoms with Crippen molar-refractivity contribution in [2.75, 3.05) is 31.5 Å². The van der Waals surface area contributed by atoms with Gasteiger partial charge < -0.3 is 5.32 Å². The maximum Gasteiger partial charge on any atom is 0.243 e. The Bertz CT molecular complexity index is 995. The smallest absolute Gasteiger partial charge is 0.243 e. The molecule has 7 heteroatoms. The quantitative estimate of drug-likeness (QED) is 0.766. The molecular formula is C23H31N3O3S. The number of piperazine rings is 1. The summed E-state index contributed by atoms with van der Waals surface area (Å²) in [6, 6.07) is 12.9. The van der Waals surface area contributed by atoms with Crippen molar-refractivity contribution < 1.29 is 13.2 Å². The molecule has 0 spiro atoms. The van der Waals surface area contributed by atoms with Crippen LogP contribution in [0.25, 0.3) is 0 Å². The average Bonchev–Trinajstić information content (AvgIpc) is 2.73. The lowest BCUT2D eigenvalue weighted by molar-refractivity contribution is -0.121. The standard InChI is InChI=1S/C23H31N3O3S/c1-5-20-7-9-21(10-8-20)24-23(27)19(4)25-12-14-26(15-13-25)30(28,29)22-11-6-17(2)16-18(22)3/h6-11,16,19H,5,12-15H2,1-4H3,(H,24,27)/t19-/m1/s1. The second kappa shape index (κ2) is 9.29. The van der Waals surface area contributed by atoms with Crippen LogP contribution in [-0.4, -0.2) is 55.8 Å². The van der Waals surface area contributed by atoms with Gasteiger partial charge in [-0.1, -0.05) is 36.8 Å². The van der Waals surface area contributed by atoms with Crippen LogP contribution < -0.4 is 5.32 Å². The van der Waals surface area contributed by atoms with Gasteiger partial charge in [-0.3, -0.25) is 9.69 Å². The van der Waals surface area contributed by atoms with Crippen LogP contribution in [-0.2, 0) is 21.2 Å². The molecule has 1 amide bonds. The summed E-state index contributed by atoms with van der Waals surface area (Å²) >= 11 is 0. The summed E-state index contributed by atoms with van der Waals surface area (Å²) in [6.45, 7) is 9.53. The molecule has 162 valence electrons. The van der Waals surface area contributed by atoms with E-state index in [2.05, 4.69) is 12.2 Å². The Balaban J connectivity index is 1.60. The second-order valence-electron chi connectivity index (χ2n) is 7.92. The zero-order chi connectivity index (χ0) is 21.9. The fourth-order valence-electron chi connectivity index (χ4n) is 3.80. The third kappa shape index (κ3) is 4.91. The molecule has 1 aliphatic rings. The van der Waals surface area contributed by atoms with Crippen LogP contribution in [0.4, 0.5) is 5.69 Å². The van der Waals surface area contributed by atoms with Crippen molar-refractivity contribution in [2.45, 2.75) is 45.1 Å². The molecular weight excluding hydrogens is 398 g/mol.